The summed E-state index contributed by atoms with van der Waals surface area (Å²) in [6.45, 7) is 5.51. The molecule has 1 amide bonds. The largest absolute Gasteiger partial charge is 0.434 e. The molecular formula is C19H17Cl2N3O2S. The van der Waals surface area contributed by atoms with Gasteiger partial charge in [0.1, 0.15) is 5.52 Å². The minimum atomic E-state index is -0.159. The van der Waals surface area contributed by atoms with Crippen molar-refractivity contribution in [3.8, 4) is 11.5 Å². The molecule has 0 bridgehead atoms. The van der Waals surface area contributed by atoms with Crippen LogP contribution in [0, 0.1) is 12.8 Å². The molecule has 27 heavy (non-hydrogen) atoms. The first-order chi connectivity index (χ1) is 12.8. The number of amides is 1. The Balaban J connectivity index is 1.92. The summed E-state index contributed by atoms with van der Waals surface area (Å²) in [5.74, 6) is 0.118. The van der Waals surface area contributed by atoms with Crippen molar-refractivity contribution in [3.05, 3.63) is 45.9 Å². The molecule has 2 aromatic carbocycles. The van der Waals surface area contributed by atoms with Gasteiger partial charge in [-0.15, -0.1) is 0 Å². The zero-order valence-electron chi connectivity index (χ0n) is 14.9. The van der Waals surface area contributed by atoms with Gasteiger partial charge >= 0.3 is 0 Å². The second-order valence-corrected chi connectivity index (χ2v) is 7.58. The van der Waals surface area contributed by atoms with Crippen LogP contribution in [0.15, 0.2) is 34.7 Å². The van der Waals surface area contributed by atoms with Crippen molar-refractivity contribution in [1.29, 1.82) is 0 Å². The predicted molar refractivity (Wildman–Crippen MR) is 113 cm³/mol. The fraction of sp³-hybridized carbons (Fsp3) is 0.211. The maximum atomic E-state index is 11.8. The molecule has 140 valence electrons. The summed E-state index contributed by atoms with van der Waals surface area (Å²) in [5.41, 5.74) is 3.45. The first kappa shape index (κ1) is 19.6. The number of rotatable bonds is 3. The van der Waals surface area contributed by atoms with Crippen LogP contribution in [-0.2, 0) is 4.79 Å². The van der Waals surface area contributed by atoms with E-state index >= 15 is 0 Å². The fourth-order valence-corrected chi connectivity index (χ4v) is 3.22. The number of oxazole rings is 1. The zero-order chi connectivity index (χ0) is 19.7. The maximum absolute atomic E-state index is 11.8. The zero-order valence-corrected chi connectivity index (χ0v) is 17.2. The van der Waals surface area contributed by atoms with Gasteiger partial charge in [-0.3, -0.25) is 4.79 Å². The Kier molecular flexibility index (Phi) is 5.69. The maximum Gasteiger partial charge on any atom is 0.228 e. The Morgan fingerprint density at radius 1 is 1.26 bits per heavy atom. The minimum Gasteiger partial charge on any atom is -0.434 e. The van der Waals surface area contributed by atoms with E-state index in [1.54, 1.807) is 26.0 Å². The summed E-state index contributed by atoms with van der Waals surface area (Å²) in [6, 6.07) is 8.90. The Labute approximate surface area is 172 Å². The van der Waals surface area contributed by atoms with Crippen LogP contribution in [0.25, 0.3) is 22.6 Å². The highest BCUT2D eigenvalue weighted by molar-refractivity contribution is 7.80. The van der Waals surface area contributed by atoms with E-state index in [-0.39, 0.29) is 16.9 Å². The van der Waals surface area contributed by atoms with Crippen molar-refractivity contribution in [2.24, 2.45) is 5.92 Å². The van der Waals surface area contributed by atoms with Gasteiger partial charge in [0.15, 0.2) is 10.7 Å². The van der Waals surface area contributed by atoms with Gasteiger partial charge in [0.25, 0.3) is 0 Å². The molecule has 8 heteroatoms. The number of nitrogens with zero attached hydrogens (tertiary/aromatic N) is 1. The van der Waals surface area contributed by atoms with Gasteiger partial charge in [0.05, 0.1) is 5.02 Å². The molecule has 3 aromatic rings. The van der Waals surface area contributed by atoms with Gasteiger partial charge in [-0.05, 0) is 49.0 Å². The standard InChI is InChI=1S/C19H17Cl2N3O2S/c1-9(2)17(25)24-19(27)23-14-6-4-5-12(10(14)3)18-22-15-8-11(20)7-13(21)16(15)26-18/h4-9H,1-3H3,(H2,23,24,25,27). The second-order valence-electron chi connectivity index (χ2n) is 6.33. The van der Waals surface area contributed by atoms with Gasteiger partial charge in [-0.2, -0.15) is 0 Å². The van der Waals surface area contributed by atoms with E-state index in [2.05, 4.69) is 15.6 Å². The number of hydrogen-bond donors (Lipinski definition) is 2. The number of benzene rings is 2. The van der Waals surface area contributed by atoms with Crippen LogP contribution < -0.4 is 10.6 Å². The molecule has 0 fully saturated rings. The number of carbonyl (C=O) groups is 1. The highest BCUT2D eigenvalue weighted by Crippen LogP contribution is 2.34. The van der Waals surface area contributed by atoms with Crippen LogP contribution in [0.4, 0.5) is 5.69 Å². The lowest BCUT2D eigenvalue weighted by Crippen LogP contribution is -2.36. The van der Waals surface area contributed by atoms with Gasteiger partial charge < -0.3 is 15.1 Å². The van der Waals surface area contributed by atoms with Crippen molar-refractivity contribution in [3.63, 3.8) is 0 Å². The first-order valence-corrected chi connectivity index (χ1v) is 9.40. The number of carbonyl (C=O) groups excluding carboxylic acids is 1. The van der Waals surface area contributed by atoms with Crippen molar-refractivity contribution >= 4 is 63.2 Å². The van der Waals surface area contributed by atoms with Crippen molar-refractivity contribution in [1.82, 2.24) is 10.3 Å². The molecule has 0 aliphatic carbocycles. The van der Waals surface area contributed by atoms with Crippen molar-refractivity contribution < 1.29 is 9.21 Å². The summed E-state index contributed by atoms with van der Waals surface area (Å²) in [4.78, 5) is 16.3. The second kappa shape index (κ2) is 7.84. The number of hydrogen-bond acceptors (Lipinski definition) is 4. The number of anilines is 1. The molecule has 0 radical (unpaired) electrons. The quantitative estimate of drug-likeness (QED) is 0.540. The molecule has 3 rings (SSSR count). The molecule has 0 aliphatic heterocycles. The molecule has 0 aliphatic rings. The van der Waals surface area contributed by atoms with E-state index < -0.39 is 0 Å². The number of halogens is 2. The smallest absolute Gasteiger partial charge is 0.228 e. The monoisotopic (exact) mass is 421 g/mol. The predicted octanol–water partition coefficient (Wildman–Crippen LogP) is 5.58. The lowest BCUT2D eigenvalue weighted by molar-refractivity contribution is -0.122. The van der Waals surface area contributed by atoms with E-state index in [0.717, 1.165) is 16.8 Å². The molecule has 5 nitrogen and oxygen atoms in total. The number of thiocarbonyl (C=S) groups is 1. The number of nitrogens with one attached hydrogen (secondary N) is 2. The highest BCUT2D eigenvalue weighted by Gasteiger charge is 2.16. The highest BCUT2D eigenvalue weighted by atomic mass is 35.5. The normalized spacial score (nSPS) is 11.0. The minimum absolute atomic E-state index is 0.147. The van der Waals surface area contributed by atoms with Gasteiger partial charge in [0.2, 0.25) is 11.8 Å². The molecule has 0 spiro atoms. The van der Waals surface area contributed by atoms with E-state index in [1.807, 2.05) is 25.1 Å². The Morgan fingerprint density at radius 2 is 2.00 bits per heavy atom. The van der Waals surface area contributed by atoms with Gasteiger partial charge in [-0.25, -0.2) is 4.98 Å². The summed E-state index contributed by atoms with van der Waals surface area (Å²) in [7, 11) is 0. The Morgan fingerprint density at radius 3 is 2.70 bits per heavy atom. The third-order valence-corrected chi connectivity index (χ3v) is 4.69. The molecule has 0 unspecified atom stereocenters. The molecule has 0 saturated carbocycles. The summed E-state index contributed by atoms with van der Waals surface area (Å²) in [5, 5.41) is 6.84. The molecule has 1 aromatic heterocycles. The van der Waals surface area contributed by atoms with E-state index in [1.165, 1.54) is 0 Å². The number of fused-ring (bicyclic) bond motifs is 1. The number of aromatic nitrogens is 1. The summed E-state index contributed by atoms with van der Waals surface area (Å²) in [6.07, 6.45) is 0. The summed E-state index contributed by atoms with van der Waals surface area (Å²) < 4.78 is 5.84. The van der Waals surface area contributed by atoms with Crippen LogP contribution in [-0.4, -0.2) is 16.0 Å². The van der Waals surface area contributed by atoms with Crippen molar-refractivity contribution in [2.75, 3.05) is 5.32 Å². The topological polar surface area (TPSA) is 67.2 Å². The van der Waals surface area contributed by atoms with Gasteiger partial charge in [0, 0.05) is 22.2 Å². The van der Waals surface area contributed by atoms with E-state index in [9.17, 15) is 4.79 Å². The van der Waals surface area contributed by atoms with E-state index in [4.69, 9.17) is 39.8 Å². The average molecular weight is 422 g/mol. The third-order valence-electron chi connectivity index (χ3n) is 3.98. The molecule has 2 N–H and O–H groups in total. The Bertz CT molecular complexity index is 1050. The lowest BCUT2D eigenvalue weighted by Gasteiger charge is -2.14. The van der Waals surface area contributed by atoms with Crippen LogP contribution >= 0.6 is 35.4 Å². The van der Waals surface area contributed by atoms with Crippen LogP contribution in [0.2, 0.25) is 10.0 Å². The van der Waals surface area contributed by atoms with Crippen LogP contribution in [0.5, 0.6) is 0 Å². The van der Waals surface area contributed by atoms with Crippen LogP contribution in [0.1, 0.15) is 19.4 Å². The third kappa shape index (κ3) is 4.24. The SMILES string of the molecule is Cc1c(NC(=S)NC(=O)C(C)C)cccc1-c1nc2cc(Cl)cc(Cl)c2o1. The van der Waals surface area contributed by atoms with Crippen LogP contribution in [0.3, 0.4) is 0 Å². The first-order valence-electron chi connectivity index (χ1n) is 8.23. The molecular weight excluding hydrogens is 405 g/mol. The molecule has 0 saturated heterocycles. The van der Waals surface area contributed by atoms with E-state index in [0.29, 0.717) is 27.0 Å². The van der Waals surface area contributed by atoms with Gasteiger partial charge in [-0.1, -0.05) is 43.1 Å². The average Bonchev–Trinajstić information content (AvgIpc) is 3.00. The fourth-order valence-electron chi connectivity index (χ4n) is 2.49. The summed E-state index contributed by atoms with van der Waals surface area (Å²) >= 11 is 17.4. The molecule has 0 atom stereocenters. The molecule has 1 heterocycles. The van der Waals surface area contributed by atoms with Crippen molar-refractivity contribution in [2.45, 2.75) is 20.8 Å². The Hall–Kier alpha value is -2.15. The lowest BCUT2D eigenvalue weighted by atomic mass is 10.1.